The lowest BCUT2D eigenvalue weighted by Crippen LogP contribution is -1.89. The van der Waals surface area contributed by atoms with Crippen LogP contribution >= 0.6 is 23.4 Å². The molecule has 142 valence electrons. The fraction of sp³-hybridized carbons (Fsp3) is 0.0400. The Morgan fingerprint density at radius 1 is 0.759 bits per heavy atom. The van der Waals surface area contributed by atoms with Gasteiger partial charge in [0.1, 0.15) is 11.2 Å². The van der Waals surface area contributed by atoms with E-state index in [1.807, 2.05) is 36.4 Å². The zero-order valence-electron chi connectivity index (χ0n) is 15.6. The number of anilines is 1. The molecule has 0 aliphatic carbocycles. The molecule has 0 bridgehead atoms. The van der Waals surface area contributed by atoms with Gasteiger partial charge in [0, 0.05) is 38.2 Å². The van der Waals surface area contributed by atoms with Crippen molar-refractivity contribution in [3.8, 4) is 11.1 Å². The molecular formula is C25H18ClNOS. The molecule has 5 aromatic rings. The van der Waals surface area contributed by atoms with E-state index in [2.05, 4.69) is 48.5 Å². The van der Waals surface area contributed by atoms with Gasteiger partial charge in [0.15, 0.2) is 0 Å². The predicted molar refractivity (Wildman–Crippen MR) is 125 cm³/mol. The maximum Gasteiger partial charge on any atom is 0.136 e. The molecule has 1 heterocycles. The smallest absolute Gasteiger partial charge is 0.136 e. The zero-order valence-corrected chi connectivity index (χ0v) is 17.1. The summed E-state index contributed by atoms with van der Waals surface area (Å²) in [5, 5.41) is 2.72. The van der Waals surface area contributed by atoms with Crippen LogP contribution in [0.3, 0.4) is 0 Å². The maximum atomic E-state index is 6.34. The predicted octanol–water partition coefficient (Wildman–Crippen LogP) is 7.78. The van der Waals surface area contributed by atoms with Crippen LogP contribution in [0.5, 0.6) is 0 Å². The highest BCUT2D eigenvalue weighted by Gasteiger charge is 2.11. The van der Waals surface area contributed by atoms with E-state index in [9.17, 15) is 0 Å². The van der Waals surface area contributed by atoms with Gasteiger partial charge in [-0.1, -0.05) is 66.2 Å². The molecule has 0 atom stereocenters. The maximum absolute atomic E-state index is 6.34. The average Bonchev–Trinajstić information content (AvgIpc) is 3.09. The molecule has 2 nitrogen and oxygen atoms in total. The molecule has 0 saturated carbocycles. The largest absolute Gasteiger partial charge is 0.456 e. The Morgan fingerprint density at radius 3 is 2.28 bits per heavy atom. The molecule has 0 amide bonds. The monoisotopic (exact) mass is 415 g/mol. The molecular weight excluding hydrogens is 398 g/mol. The number of nitrogen functional groups attached to an aromatic ring is 1. The van der Waals surface area contributed by atoms with Crippen molar-refractivity contribution >= 4 is 51.0 Å². The number of rotatable bonds is 4. The first kappa shape index (κ1) is 18.2. The molecule has 1 aromatic heterocycles. The SMILES string of the molecule is Nc1cc2c(cc1SCc1ccc(-c3ccccc3)cc1)oc1cc(Cl)ccc12. The zero-order chi connectivity index (χ0) is 19.8. The van der Waals surface area contributed by atoms with Gasteiger partial charge in [0.25, 0.3) is 0 Å². The number of halogens is 1. The Labute approximate surface area is 178 Å². The quantitative estimate of drug-likeness (QED) is 0.240. The standard InChI is InChI=1S/C25H18ClNOS/c26-19-10-11-20-21-13-22(27)25(14-24(21)28-23(20)12-19)29-15-16-6-8-18(9-7-16)17-4-2-1-3-5-17/h1-14H,15,27H2. The number of fused-ring (bicyclic) bond motifs is 3. The minimum atomic E-state index is 0.665. The van der Waals surface area contributed by atoms with E-state index in [4.69, 9.17) is 21.8 Å². The second-order valence-electron chi connectivity index (χ2n) is 6.98. The van der Waals surface area contributed by atoms with E-state index in [1.165, 1.54) is 16.7 Å². The van der Waals surface area contributed by atoms with E-state index in [1.54, 1.807) is 11.8 Å². The van der Waals surface area contributed by atoms with Crippen molar-refractivity contribution < 1.29 is 4.42 Å². The van der Waals surface area contributed by atoms with Crippen molar-refractivity contribution in [2.24, 2.45) is 0 Å². The molecule has 5 rings (SSSR count). The van der Waals surface area contributed by atoms with Crippen LogP contribution in [0, 0.1) is 0 Å². The normalized spacial score (nSPS) is 11.3. The fourth-order valence-electron chi connectivity index (χ4n) is 3.50. The van der Waals surface area contributed by atoms with E-state index in [0.717, 1.165) is 38.3 Å². The molecule has 4 heteroatoms. The first-order valence-electron chi connectivity index (χ1n) is 9.36. The van der Waals surface area contributed by atoms with E-state index < -0.39 is 0 Å². The van der Waals surface area contributed by atoms with Crippen molar-refractivity contribution in [2.75, 3.05) is 5.73 Å². The highest BCUT2D eigenvalue weighted by molar-refractivity contribution is 7.98. The Morgan fingerprint density at radius 2 is 1.48 bits per heavy atom. The fourth-order valence-corrected chi connectivity index (χ4v) is 4.60. The van der Waals surface area contributed by atoms with Crippen molar-refractivity contribution in [1.82, 2.24) is 0 Å². The van der Waals surface area contributed by atoms with E-state index >= 15 is 0 Å². The van der Waals surface area contributed by atoms with Gasteiger partial charge in [-0.2, -0.15) is 0 Å². The molecule has 0 saturated heterocycles. The molecule has 4 aromatic carbocycles. The summed E-state index contributed by atoms with van der Waals surface area (Å²) in [7, 11) is 0. The summed E-state index contributed by atoms with van der Waals surface area (Å²) in [4.78, 5) is 1.02. The van der Waals surface area contributed by atoms with Crippen molar-refractivity contribution in [2.45, 2.75) is 10.6 Å². The summed E-state index contributed by atoms with van der Waals surface area (Å²) < 4.78 is 5.99. The van der Waals surface area contributed by atoms with Gasteiger partial charge in [-0.25, -0.2) is 0 Å². The Kier molecular flexibility index (Phi) is 4.70. The number of furan rings is 1. The first-order valence-corrected chi connectivity index (χ1v) is 10.7. The van der Waals surface area contributed by atoms with Crippen LogP contribution in [0.4, 0.5) is 5.69 Å². The molecule has 0 unspecified atom stereocenters. The van der Waals surface area contributed by atoms with Crippen LogP contribution < -0.4 is 5.73 Å². The Bertz CT molecular complexity index is 1310. The number of benzene rings is 4. The van der Waals surface area contributed by atoms with Crippen LogP contribution in [0.15, 0.2) is 94.2 Å². The first-order chi connectivity index (χ1) is 14.2. The molecule has 0 aliphatic rings. The van der Waals surface area contributed by atoms with Crippen molar-refractivity contribution in [1.29, 1.82) is 0 Å². The lowest BCUT2D eigenvalue weighted by Gasteiger charge is -2.07. The summed E-state index contributed by atoms with van der Waals surface area (Å²) in [6.45, 7) is 0. The lowest BCUT2D eigenvalue weighted by molar-refractivity contribution is 0.668. The van der Waals surface area contributed by atoms with Gasteiger partial charge in [0.2, 0.25) is 0 Å². The second kappa shape index (κ2) is 7.51. The third kappa shape index (κ3) is 3.59. The van der Waals surface area contributed by atoms with Crippen molar-refractivity contribution in [3.63, 3.8) is 0 Å². The molecule has 0 radical (unpaired) electrons. The van der Waals surface area contributed by atoms with Crippen LogP contribution in [0.2, 0.25) is 5.02 Å². The summed E-state index contributed by atoms with van der Waals surface area (Å²) >= 11 is 7.81. The van der Waals surface area contributed by atoms with Gasteiger partial charge >= 0.3 is 0 Å². The minimum absolute atomic E-state index is 0.665. The highest BCUT2D eigenvalue weighted by Crippen LogP contribution is 2.37. The van der Waals surface area contributed by atoms with Crippen LogP contribution in [0.1, 0.15) is 5.56 Å². The summed E-state index contributed by atoms with van der Waals surface area (Å²) in [5.74, 6) is 0.844. The van der Waals surface area contributed by atoms with E-state index in [-0.39, 0.29) is 0 Å². The summed E-state index contributed by atoms with van der Waals surface area (Å²) in [5.41, 5.74) is 12.4. The van der Waals surface area contributed by atoms with Crippen LogP contribution in [-0.2, 0) is 5.75 Å². The minimum Gasteiger partial charge on any atom is -0.456 e. The number of thioether (sulfide) groups is 1. The van der Waals surface area contributed by atoms with Gasteiger partial charge < -0.3 is 10.2 Å². The molecule has 2 N–H and O–H groups in total. The van der Waals surface area contributed by atoms with Crippen LogP contribution in [-0.4, -0.2) is 0 Å². The second-order valence-corrected chi connectivity index (χ2v) is 8.43. The third-order valence-corrected chi connectivity index (χ3v) is 6.40. The molecule has 0 aliphatic heterocycles. The molecule has 0 spiro atoms. The summed E-state index contributed by atoms with van der Waals surface area (Å²) in [6.07, 6.45) is 0. The summed E-state index contributed by atoms with van der Waals surface area (Å²) in [6, 6.07) is 28.8. The molecule has 0 fully saturated rings. The Hall–Kier alpha value is -2.88. The number of hydrogen-bond acceptors (Lipinski definition) is 3. The topological polar surface area (TPSA) is 39.2 Å². The van der Waals surface area contributed by atoms with E-state index in [0.29, 0.717) is 5.02 Å². The average molecular weight is 416 g/mol. The van der Waals surface area contributed by atoms with Gasteiger partial charge in [-0.15, -0.1) is 11.8 Å². The number of nitrogens with two attached hydrogens (primary N) is 1. The Balaban J connectivity index is 1.39. The highest BCUT2D eigenvalue weighted by atomic mass is 35.5. The van der Waals surface area contributed by atoms with Gasteiger partial charge in [0.05, 0.1) is 0 Å². The molecule has 29 heavy (non-hydrogen) atoms. The third-order valence-electron chi connectivity index (χ3n) is 5.02. The van der Waals surface area contributed by atoms with Crippen molar-refractivity contribution in [3.05, 3.63) is 95.5 Å². The van der Waals surface area contributed by atoms with Crippen LogP contribution in [0.25, 0.3) is 33.1 Å². The number of hydrogen-bond donors (Lipinski definition) is 1. The van der Waals surface area contributed by atoms with Gasteiger partial charge in [-0.3, -0.25) is 0 Å². The van der Waals surface area contributed by atoms with Gasteiger partial charge in [-0.05, 0) is 41.0 Å². The lowest BCUT2D eigenvalue weighted by atomic mass is 10.0.